The van der Waals surface area contributed by atoms with Crippen molar-refractivity contribution >= 4 is 21.4 Å². The molecule has 0 saturated carbocycles. The van der Waals surface area contributed by atoms with Crippen LogP contribution < -0.4 is 10.0 Å². The third-order valence-electron chi connectivity index (χ3n) is 3.71. The third-order valence-corrected chi connectivity index (χ3v) is 6.61. The Kier molecular flexibility index (Phi) is 4.41. The second kappa shape index (κ2) is 5.53. The first kappa shape index (κ1) is 16.7. The largest absolute Gasteiger partial charge is 0.499 e. The SMILES string of the molecule is CC1(C)CCC(NS(=O)(=O)c2ccc(O)s2)CC(C)(C)N1. The van der Waals surface area contributed by atoms with E-state index in [4.69, 9.17) is 0 Å². The lowest BCUT2D eigenvalue weighted by atomic mass is 9.95. The highest BCUT2D eigenvalue weighted by atomic mass is 32.2. The Labute approximate surface area is 130 Å². The first-order valence-electron chi connectivity index (χ1n) is 7.10. The van der Waals surface area contributed by atoms with Crippen molar-refractivity contribution in [3.05, 3.63) is 12.1 Å². The maximum Gasteiger partial charge on any atom is 0.250 e. The fourth-order valence-electron chi connectivity index (χ4n) is 3.12. The summed E-state index contributed by atoms with van der Waals surface area (Å²) in [5.74, 6) is 0. The molecule has 1 atom stereocenters. The highest BCUT2D eigenvalue weighted by molar-refractivity contribution is 7.91. The smallest absolute Gasteiger partial charge is 0.250 e. The molecule has 7 heteroatoms. The van der Waals surface area contributed by atoms with Crippen molar-refractivity contribution in [1.82, 2.24) is 10.0 Å². The van der Waals surface area contributed by atoms with Gasteiger partial charge in [-0.1, -0.05) is 11.3 Å². The van der Waals surface area contributed by atoms with E-state index in [1.165, 1.54) is 12.1 Å². The van der Waals surface area contributed by atoms with E-state index in [1.54, 1.807) is 0 Å². The molecule has 2 heterocycles. The predicted molar refractivity (Wildman–Crippen MR) is 85.2 cm³/mol. The fraction of sp³-hybridized carbons (Fsp3) is 0.714. The molecule has 0 spiro atoms. The average molecular weight is 332 g/mol. The van der Waals surface area contributed by atoms with Crippen LogP contribution in [0.25, 0.3) is 0 Å². The van der Waals surface area contributed by atoms with E-state index in [9.17, 15) is 13.5 Å². The van der Waals surface area contributed by atoms with Gasteiger partial charge in [0.05, 0.1) is 0 Å². The normalized spacial score (nSPS) is 25.4. The summed E-state index contributed by atoms with van der Waals surface area (Å²) in [5.41, 5.74) is -0.143. The molecule has 1 aromatic heterocycles. The molecule has 1 unspecified atom stereocenters. The van der Waals surface area contributed by atoms with Crippen LogP contribution in [0.5, 0.6) is 5.06 Å². The van der Waals surface area contributed by atoms with E-state index < -0.39 is 10.0 Å². The number of hydrogen-bond donors (Lipinski definition) is 3. The van der Waals surface area contributed by atoms with Crippen molar-refractivity contribution in [2.75, 3.05) is 0 Å². The number of thiophene rings is 1. The molecule has 1 aliphatic rings. The van der Waals surface area contributed by atoms with E-state index in [0.29, 0.717) is 0 Å². The van der Waals surface area contributed by atoms with Gasteiger partial charge < -0.3 is 10.4 Å². The van der Waals surface area contributed by atoms with Gasteiger partial charge in [-0.25, -0.2) is 13.1 Å². The maximum absolute atomic E-state index is 12.4. The van der Waals surface area contributed by atoms with Crippen molar-refractivity contribution in [3.63, 3.8) is 0 Å². The Balaban J connectivity index is 2.15. The molecule has 0 aromatic carbocycles. The number of sulfonamides is 1. The molecule has 3 N–H and O–H groups in total. The standard InChI is InChI=1S/C14H24N2O3S2/c1-13(2)8-7-10(9-14(3,4)16-13)15-21(18,19)12-6-5-11(17)20-12/h5-6,10,15-17H,7-9H2,1-4H3. The summed E-state index contributed by atoms with van der Waals surface area (Å²) in [5, 5.41) is 12.9. The van der Waals surface area contributed by atoms with Gasteiger partial charge in [0.1, 0.15) is 4.21 Å². The number of aromatic hydroxyl groups is 1. The van der Waals surface area contributed by atoms with Crippen LogP contribution >= 0.6 is 11.3 Å². The monoisotopic (exact) mass is 332 g/mol. The molecule has 1 fully saturated rings. The highest BCUT2D eigenvalue weighted by Gasteiger charge is 2.36. The van der Waals surface area contributed by atoms with Gasteiger partial charge in [0.2, 0.25) is 10.0 Å². The molecular formula is C14H24N2O3S2. The number of hydrogen-bond acceptors (Lipinski definition) is 5. The van der Waals surface area contributed by atoms with Gasteiger partial charge in [-0.15, -0.1) is 0 Å². The van der Waals surface area contributed by atoms with Crippen LogP contribution in [0.3, 0.4) is 0 Å². The van der Waals surface area contributed by atoms with Crippen LogP contribution in [-0.4, -0.2) is 30.6 Å². The quantitative estimate of drug-likeness (QED) is 0.794. The Bertz CT molecular complexity index is 605. The van der Waals surface area contributed by atoms with Gasteiger partial charge in [0.15, 0.2) is 5.06 Å². The first-order valence-corrected chi connectivity index (χ1v) is 9.40. The van der Waals surface area contributed by atoms with E-state index >= 15 is 0 Å². The molecule has 21 heavy (non-hydrogen) atoms. The Morgan fingerprint density at radius 1 is 1.29 bits per heavy atom. The lowest BCUT2D eigenvalue weighted by Crippen LogP contribution is -2.51. The second-order valence-electron chi connectivity index (χ2n) is 7.05. The summed E-state index contributed by atoms with van der Waals surface area (Å²) in [7, 11) is -3.56. The van der Waals surface area contributed by atoms with Gasteiger partial charge in [-0.2, -0.15) is 0 Å². The predicted octanol–water partition coefficient (Wildman–Crippen LogP) is 2.43. The maximum atomic E-state index is 12.4. The second-order valence-corrected chi connectivity index (χ2v) is 10.0. The van der Waals surface area contributed by atoms with Crippen molar-refractivity contribution in [1.29, 1.82) is 0 Å². The minimum atomic E-state index is -3.56. The highest BCUT2D eigenvalue weighted by Crippen LogP contribution is 2.30. The van der Waals surface area contributed by atoms with Crippen molar-refractivity contribution in [3.8, 4) is 5.06 Å². The number of rotatable bonds is 3. The summed E-state index contributed by atoms with van der Waals surface area (Å²) in [4.78, 5) is 0. The molecular weight excluding hydrogens is 308 g/mol. The van der Waals surface area contributed by atoms with Crippen LogP contribution in [0, 0.1) is 0 Å². The first-order chi connectivity index (χ1) is 9.49. The molecule has 0 aliphatic carbocycles. The summed E-state index contributed by atoms with van der Waals surface area (Å²) in [6.45, 7) is 8.47. The summed E-state index contributed by atoms with van der Waals surface area (Å²) in [6.07, 6.45) is 2.42. The number of nitrogens with one attached hydrogen (secondary N) is 2. The van der Waals surface area contributed by atoms with Crippen LogP contribution in [0.1, 0.15) is 47.0 Å². The van der Waals surface area contributed by atoms with Crippen LogP contribution in [0.2, 0.25) is 0 Å². The minimum Gasteiger partial charge on any atom is -0.499 e. The van der Waals surface area contributed by atoms with Gasteiger partial charge in [0.25, 0.3) is 0 Å². The summed E-state index contributed by atoms with van der Waals surface area (Å²) < 4.78 is 27.7. The molecule has 1 aliphatic heterocycles. The van der Waals surface area contributed by atoms with Crippen molar-refractivity contribution in [2.24, 2.45) is 0 Å². The molecule has 5 nitrogen and oxygen atoms in total. The third kappa shape index (κ3) is 4.42. The van der Waals surface area contributed by atoms with Crippen LogP contribution in [0.15, 0.2) is 16.3 Å². The molecule has 1 saturated heterocycles. The Hall–Kier alpha value is -0.630. The molecule has 2 rings (SSSR count). The zero-order valence-electron chi connectivity index (χ0n) is 12.9. The zero-order valence-corrected chi connectivity index (χ0v) is 14.6. The minimum absolute atomic E-state index is 0.00904. The summed E-state index contributed by atoms with van der Waals surface area (Å²) in [6, 6.07) is 2.73. The Morgan fingerprint density at radius 2 is 1.95 bits per heavy atom. The van der Waals surface area contributed by atoms with Gasteiger partial charge in [0, 0.05) is 17.1 Å². The molecule has 1 aromatic rings. The molecule has 0 radical (unpaired) electrons. The van der Waals surface area contributed by atoms with Crippen LogP contribution in [0.4, 0.5) is 0 Å². The van der Waals surface area contributed by atoms with E-state index in [-0.39, 0.29) is 26.4 Å². The lowest BCUT2D eigenvalue weighted by molar-refractivity contribution is 0.266. The van der Waals surface area contributed by atoms with Gasteiger partial charge in [-0.05, 0) is 59.1 Å². The lowest BCUT2D eigenvalue weighted by Gasteiger charge is -2.34. The van der Waals surface area contributed by atoms with Gasteiger partial charge >= 0.3 is 0 Å². The van der Waals surface area contributed by atoms with E-state index in [1.807, 2.05) is 0 Å². The van der Waals surface area contributed by atoms with E-state index in [0.717, 1.165) is 30.6 Å². The zero-order chi connectivity index (χ0) is 15.9. The molecule has 120 valence electrons. The topological polar surface area (TPSA) is 78.4 Å². The van der Waals surface area contributed by atoms with E-state index in [2.05, 4.69) is 37.7 Å². The van der Waals surface area contributed by atoms with Crippen molar-refractivity contribution < 1.29 is 13.5 Å². The Morgan fingerprint density at radius 3 is 2.52 bits per heavy atom. The molecule has 0 bridgehead atoms. The van der Waals surface area contributed by atoms with Crippen molar-refractivity contribution in [2.45, 2.75) is 68.3 Å². The molecule has 0 amide bonds. The average Bonchev–Trinajstić information content (AvgIpc) is 2.67. The fourth-order valence-corrected chi connectivity index (χ4v) is 5.44. The summed E-state index contributed by atoms with van der Waals surface area (Å²) >= 11 is 0.878. The van der Waals surface area contributed by atoms with Gasteiger partial charge in [-0.3, -0.25) is 0 Å². The van der Waals surface area contributed by atoms with Crippen LogP contribution in [-0.2, 0) is 10.0 Å².